The Hall–Kier alpha value is -1.33. The zero-order chi connectivity index (χ0) is 10.7. The highest BCUT2D eigenvalue weighted by Crippen LogP contribution is 2.19. The molecule has 0 amide bonds. The average molecular weight is 220 g/mol. The van der Waals surface area contributed by atoms with Crippen LogP contribution in [0.25, 0.3) is 10.8 Å². The molecule has 0 radical (unpaired) electrons. The van der Waals surface area contributed by atoms with Crippen LogP contribution in [0, 0.1) is 6.92 Å². The van der Waals surface area contributed by atoms with Gasteiger partial charge in [-0.05, 0) is 19.5 Å². The van der Waals surface area contributed by atoms with E-state index in [2.05, 4.69) is 20.3 Å². The molecule has 0 aromatic carbocycles. The van der Waals surface area contributed by atoms with Gasteiger partial charge < -0.3 is 5.32 Å². The van der Waals surface area contributed by atoms with Crippen molar-refractivity contribution < 1.29 is 0 Å². The normalized spacial score (nSPS) is 10.5. The third-order valence-corrected chi connectivity index (χ3v) is 2.77. The first-order chi connectivity index (χ1) is 7.29. The van der Waals surface area contributed by atoms with Crippen LogP contribution in [0.2, 0.25) is 0 Å². The van der Waals surface area contributed by atoms with Crippen LogP contribution >= 0.6 is 11.3 Å². The molecular weight excluding hydrogens is 208 g/mol. The molecule has 2 rings (SSSR count). The van der Waals surface area contributed by atoms with Crippen molar-refractivity contribution in [1.82, 2.24) is 20.3 Å². The lowest BCUT2D eigenvalue weighted by atomic mass is 10.4. The smallest absolute Gasteiger partial charge is 0.188 e. The molecule has 0 saturated carbocycles. The fraction of sp³-hybridized carbons (Fsp3) is 0.300. The molecule has 2 aromatic heterocycles. The van der Waals surface area contributed by atoms with Gasteiger partial charge in [-0.3, -0.25) is 0 Å². The molecule has 4 nitrogen and oxygen atoms in total. The molecule has 1 N–H and O–H groups in total. The molecule has 0 spiro atoms. The van der Waals surface area contributed by atoms with E-state index in [4.69, 9.17) is 0 Å². The van der Waals surface area contributed by atoms with Gasteiger partial charge >= 0.3 is 0 Å². The molecule has 5 heteroatoms. The topological polar surface area (TPSA) is 50.7 Å². The molecule has 0 aliphatic carbocycles. The van der Waals surface area contributed by atoms with Gasteiger partial charge in [-0.1, -0.05) is 0 Å². The first-order valence-corrected chi connectivity index (χ1v) is 5.55. The highest BCUT2D eigenvalue weighted by atomic mass is 32.1. The first kappa shape index (κ1) is 10.2. The van der Waals surface area contributed by atoms with Crippen molar-refractivity contribution in [3.05, 3.63) is 29.0 Å². The summed E-state index contributed by atoms with van der Waals surface area (Å²) in [5.74, 6) is 0.702. The number of aromatic nitrogens is 3. The quantitative estimate of drug-likeness (QED) is 0.854. The van der Waals surface area contributed by atoms with E-state index >= 15 is 0 Å². The minimum atomic E-state index is 0.702. The third kappa shape index (κ3) is 2.37. The maximum atomic E-state index is 4.43. The van der Waals surface area contributed by atoms with Crippen LogP contribution < -0.4 is 5.32 Å². The Balaban J connectivity index is 2.25. The summed E-state index contributed by atoms with van der Waals surface area (Å²) in [5.41, 5.74) is 2.09. The van der Waals surface area contributed by atoms with Crippen LogP contribution in [-0.4, -0.2) is 22.0 Å². The van der Waals surface area contributed by atoms with E-state index in [0.29, 0.717) is 5.82 Å². The van der Waals surface area contributed by atoms with E-state index < -0.39 is 0 Å². The maximum Gasteiger partial charge on any atom is 0.188 e. The van der Waals surface area contributed by atoms with Crippen LogP contribution in [-0.2, 0) is 6.54 Å². The van der Waals surface area contributed by atoms with E-state index in [1.807, 2.05) is 31.7 Å². The van der Waals surface area contributed by atoms with E-state index in [-0.39, 0.29) is 0 Å². The number of aryl methyl sites for hydroxylation is 1. The second-order valence-electron chi connectivity index (χ2n) is 3.26. The highest BCUT2D eigenvalue weighted by Gasteiger charge is 2.06. The SMILES string of the molecule is CNCc1csc(-c2ncc(C)cn2)n1. The van der Waals surface area contributed by atoms with Gasteiger partial charge in [-0.25, -0.2) is 15.0 Å². The van der Waals surface area contributed by atoms with Crippen LogP contribution in [0.3, 0.4) is 0 Å². The Labute approximate surface area is 92.4 Å². The lowest BCUT2D eigenvalue weighted by Crippen LogP contribution is -2.05. The van der Waals surface area contributed by atoms with Crippen LogP contribution in [0.4, 0.5) is 0 Å². The van der Waals surface area contributed by atoms with Crippen molar-refractivity contribution in [2.45, 2.75) is 13.5 Å². The number of thiazole rings is 1. The molecule has 15 heavy (non-hydrogen) atoms. The standard InChI is InChI=1S/C10H12N4S/c1-7-3-12-9(13-4-7)10-14-8(5-11-2)6-15-10/h3-4,6,11H,5H2,1-2H3. The van der Waals surface area contributed by atoms with Gasteiger partial charge in [-0.2, -0.15) is 0 Å². The largest absolute Gasteiger partial charge is 0.314 e. The van der Waals surface area contributed by atoms with E-state index in [1.165, 1.54) is 0 Å². The van der Waals surface area contributed by atoms with Gasteiger partial charge in [0.05, 0.1) is 5.69 Å². The highest BCUT2D eigenvalue weighted by molar-refractivity contribution is 7.13. The van der Waals surface area contributed by atoms with Crippen LogP contribution in [0.1, 0.15) is 11.3 Å². The van der Waals surface area contributed by atoms with Gasteiger partial charge in [0.15, 0.2) is 10.8 Å². The molecule has 0 saturated heterocycles. The summed E-state index contributed by atoms with van der Waals surface area (Å²) in [4.78, 5) is 12.9. The fourth-order valence-electron chi connectivity index (χ4n) is 1.18. The third-order valence-electron chi connectivity index (χ3n) is 1.88. The molecule has 0 aliphatic rings. The van der Waals surface area contributed by atoms with Gasteiger partial charge in [0.1, 0.15) is 0 Å². The van der Waals surface area contributed by atoms with Crippen LogP contribution in [0.5, 0.6) is 0 Å². The molecule has 2 heterocycles. The van der Waals surface area contributed by atoms with Gasteiger partial charge in [-0.15, -0.1) is 11.3 Å². The summed E-state index contributed by atoms with van der Waals surface area (Å²) in [6.07, 6.45) is 3.61. The lowest BCUT2D eigenvalue weighted by molar-refractivity contribution is 0.797. The van der Waals surface area contributed by atoms with Crippen molar-refractivity contribution in [3.63, 3.8) is 0 Å². The van der Waals surface area contributed by atoms with Gasteiger partial charge in [0, 0.05) is 24.3 Å². The summed E-state index contributed by atoms with van der Waals surface area (Å²) in [6, 6.07) is 0. The Morgan fingerprint density at radius 3 is 2.73 bits per heavy atom. The molecule has 0 aliphatic heterocycles. The number of hydrogen-bond acceptors (Lipinski definition) is 5. The lowest BCUT2D eigenvalue weighted by Gasteiger charge is -1.95. The summed E-state index contributed by atoms with van der Waals surface area (Å²) in [5, 5.41) is 5.96. The Morgan fingerprint density at radius 2 is 2.07 bits per heavy atom. The zero-order valence-corrected chi connectivity index (χ0v) is 9.51. The molecule has 0 bridgehead atoms. The summed E-state index contributed by atoms with van der Waals surface area (Å²) in [7, 11) is 1.90. The predicted octanol–water partition coefficient (Wildman–Crippen LogP) is 1.63. The molecule has 2 aromatic rings. The molecular formula is C10H12N4S. The van der Waals surface area contributed by atoms with Gasteiger partial charge in [0.25, 0.3) is 0 Å². The number of hydrogen-bond donors (Lipinski definition) is 1. The maximum absolute atomic E-state index is 4.43. The predicted molar refractivity (Wildman–Crippen MR) is 60.6 cm³/mol. The van der Waals surface area contributed by atoms with E-state index in [9.17, 15) is 0 Å². The second kappa shape index (κ2) is 4.46. The monoisotopic (exact) mass is 220 g/mol. The summed E-state index contributed by atoms with van der Waals surface area (Å²) < 4.78 is 0. The van der Waals surface area contributed by atoms with Crippen molar-refractivity contribution >= 4 is 11.3 Å². The van der Waals surface area contributed by atoms with Crippen molar-refractivity contribution in [3.8, 4) is 10.8 Å². The van der Waals surface area contributed by atoms with Gasteiger partial charge in [0.2, 0.25) is 0 Å². The van der Waals surface area contributed by atoms with Crippen molar-refractivity contribution in [1.29, 1.82) is 0 Å². The molecule has 0 unspecified atom stereocenters. The van der Waals surface area contributed by atoms with Crippen LogP contribution in [0.15, 0.2) is 17.8 Å². The number of nitrogens with one attached hydrogen (secondary N) is 1. The summed E-state index contributed by atoms with van der Waals surface area (Å²) in [6.45, 7) is 2.75. The fourth-order valence-corrected chi connectivity index (χ4v) is 1.94. The Bertz CT molecular complexity index is 435. The van der Waals surface area contributed by atoms with E-state index in [1.54, 1.807) is 11.3 Å². The Morgan fingerprint density at radius 1 is 1.33 bits per heavy atom. The van der Waals surface area contributed by atoms with Crippen molar-refractivity contribution in [2.24, 2.45) is 0 Å². The molecule has 0 atom stereocenters. The Kier molecular flexibility index (Phi) is 3.03. The first-order valence-electron chi connectivity index (χ1n) is 4.67. The minimum absolute atomic E-state index is 0.702. The average Bonchev–Trinajstić information content (AvgIpc) is 2.68. The number of nitrogens with zero attached hydrogens (tertiary/aromatic N) is 3. The second-order valence-corrected chi connectivity index (χ2v) is 4.12. The van der Waals surface area contributed by atoms with E-state index in [0.717, 1.165) is 22.8 Å². The minimum Gasteiger partial charge on any atom is -0.314 e. The molecule has 0 fully saturated rings. The molecule has 78 valence electrons. The van der Waals surface area contributed by atoms with Crippen molar-refractivity contribution in [2.75, 3.05) is 7.05 Å². The number of rotatable bonds is 3. The zero-order valence-electron chi connectivity index (χ0n) is 8.69. The summed E-state index contributed by atoms with van der Waals surface area (Å²) >= 11 is 1.57.